The summed E-state index contributed by atoms with van der Waals surface area (Å²) in [6.45, 7) is 7.37. The molecule has 1 amide bonds. The summed E-state index contributed by atoms with van der Waals surface area (Å²) < 4.78 is 5.49. The van der Waals surface area contributed by atoms with Gasteiger partial charge >= 0.3 is 6.09 Å². The van der Waals surface area contributed by atoms with E-state index in [0.29, 0.717) is 12.1 Å². The molecule has 1 aliphatic heterocycles. The molecule has 4 unspecified atom stereocenters. The van der Waals surface area contributed by atoms with Crippen molar-refractivity contribution in [3.63, 3.8) is 0 Å². The van der Waals surface area contributed by atoms with Crippen LogP contribution in [0.25, 0.3) is 0 Å². The van der Waals surface area contributed by atoms with Gasteiger partial charge in [0.05, 0.1) is 0 Å². The summed E-state index contributed by atoms with van der Waals surface area (Å²) in [6, 6.07) is 1.04. The Morgan fingerprint density at radius 1 is 1.38 bits per heavy atom. The second-order valence-corrected chi connectivity index (χ2v) is 7.78. The van der Waals surface area contributed by atoms with Crippen LogP contribution in [-0.4, -0.2) is 41.8 Å². The number of amides is 1. The van der Waals surface area contributed by atoms with E-state index < -0.39 is 5.60 Å². The Bertz CT molecular complexity index is 427. The first kappa shape index (κ1) is 14.9. The fraction of sp³-hybridized carbons (Fsp3) is 0.824. The smallest absolute Gasteiger partial charge is 0.410 e. The average molecular weight is 292 g/mol. The maximum absolute atomic E-state index is 12.2. The second-order valence-electron chi connectivity index (χ2n) is 7.78. The molecule has 0 aromatic heterocycles. The maximum atomic E-state index is 12.2. The van der Waals surface area contributed by atoms with Gasteiger partial charge in [0.2, 0.25) is 0 Å². The van der Waals surface area contributed by atoms with Crippen LogP contribution >= 0.6 is 0 Å². The molecule has 1 saturated carbocycles. The molecule has 0 radical (unpaired) electrons. The molecule has 2 fully saturated rings. The number of fused-ring (bicyclic) bond motifs is 1. The van der Waals surface area contributed by atoms with Crippen molar-refractivity contribution in [3.05, 3.63) is 12.2 Å². The monoisotopic (exact) mass is 292 g/mol. The normalized spacial score (nSPS) is 35.3. The van der Waals surface area contributed by atoms with Crippen molar-refractivity contribution in [2.75, 3.05) is 13.1 Å². The zero-order valence-corrected chi connectivity index (χ0v) is 13.5. The van der Waals surface area contributed by atoms with Gasteiger partial charge in [0, 0.05) is 25.2 Å². The Hall–Kier alpha value is -1.03. The van der Waals surface area contributed by atoms with E-state index in [1.54, 1.807) is 0 Å². The summed E-state index contributed by atoms with van der Waals surface area (Å²) in [6.07, 6.45) is 9.31. The van der Waals surface area contributed by atoms with E-state index in [0.717, 1.165) is 37.8 Å². The van der Waals surface area contributed by atoms with Crippen LogP contribution in [0.1, 0.15) is 46.5 Å². The Morgan fingerprint density at radius 2 is 2.19 bits per heavy atom. The maximum Gasteiger partial charge on any atom is 0.410 e. The molecule has 118 valence electrons. The molecule has 1 heterocycles. The van der Waals surface area contributed by atoms with Gasteiger partial charge in [-0.3, -0.25) is 0 Å². The number of piperidine rings is 1. The number of rotatable bonds is 2. The number of allylic oxidation sites excluding steroid dienone is 1. The molecule has 0 bridgehead atoms. The second kappa shape index (κ2) is 5.64. The molecular weight excluding hydrogens is 264 g/mol. The minimum atomic E-state index is -0.409. The SMILES string of the molecule is CC(C)(C)OC(=O)N1CCCC(NC2CC3CC=CC32)C1. The highest BCUT2D eigenvalue weighted by Crippen LogP contribution is 2.43. The first-order valence-corrected chi connectivity index (χ1v) is 8.33. The number of carbonyl (C=O) groups excluding carboxylic acids is 1. The Labute approximate surface area is 127 Å². The number of likely N-dealkylation sites (tertiary alicyclic amines) is 1. The fourth-order valence-electron chi connectivity index (χ4n) is 3.82. The van der Waals surface area contributed by atoms with E-state index in [-0.39, 0.29) is 6.09 Å². The van der Waals surface area contributed by atoms with E-state index in [2.05, 4.69) is 17.5 Å². The molecule has 4 atom stereocenters. The molecule has 4 nitrogen and oxygen atoms in total. The van der Waals surface area contributed by atoms with Crippen molar-refractivity contribution in [2.24, 2.45) is 11.8 Å². The van der Waals surface area contributed by atoms with E-state index >= 15 is 0 Å². The topological polar surface area (TPSA) is 41.6 Å². The standard InChI is InChI=1S/C17H28N2O2/c1-17(2,3)21-16(20)19-9-5-7-13(11-19)18-15-10-12-6-4-8-14(12)15/h4,8,12-15,18H,5-7,9-11H2,1-3H3. The van der Waals surface area contributed by atoms with Crippen LogP contribution in [0.2, 0.25) is 0 Å². The largest absolute Gasteiger partial charge is 0.444 e. The first-order chi connectivity index (χ1) is 9.92. The molecule has 21 heavy (non-hydrogen) atoms. The Morgan fingerprint density at radius 3 is 2.90 bits per heavy atom. The third kappa shape index (κ3) is 3.42. The molecule has 0 aromatic rings. The summed E-state index contributed by atoms with van der Waals surface area (Å²) in [5.74, 6) is 1.62. The van der Waals surface area contributed by atoms with Gasteiger partial charge in [0.1, 0.15) is 5.60 Å². The molecule has 3 rings (SSSR count). The molecule has 1 N–H and O–H groups in total. The first-order valence-electron chi connectivity index (χ1n) is 8.33. The number of ether oxygens (including phenoxy) is 1. The minimum Gasteiger partial charge on any atom is -0.444 e. The number of carbonyl (C=O) groups is 1. The lowest BCUT2D eigenvalue weighted by Gasteiger charge is -2.44. The lowest BCUT2D eigenvalue weighted by atomic mass is 9.71. The zero-order valence-electron chi connectivity index (χ0n) is 13.5. The summed E-state index contributed by atoms with van der Waals surface area (Å²) in [5.41, 5.74) is -0.409. The summed E-state index contributed by atoms with van der Waals surface area (Å²) >= 11 is 0. The molecule has 3 aliphatic rings. The van der Waals surface area contributed by atoms with Crippen LogP contribution in [0.3, 0.4) is 0 Å². The van der Waals surface area contributed by atoms with Crippen molar-refractivity contribution >= 4 is 6.09 Å². The van der Waals surface area contributed by atoms with Crippen molar-refractivity contribution in [3.8, 4) is 0 Å². The van der Waals surface area contributed by atoms with Crippen molar-refractivity contribution < 1.29 is 9.53 Å². The molecule has 4 heteroatoms. The van der Waals surface area contributed by atoms with E-state index in [1.807, 2.05) is 25.7 Å². The van der Waals surface area contributed by atoms with Crippen LogP contribution in [0.15, 0.2) is 12.2 Å². The molecule has 1 saturated heterocycles. The predicted octanol–water partition coefficient (Wildman–Crippen LogP) is 2.94. The van der Waals surface area contributed by atoms with E-state index in [4.69, 9.17) is 4.74 Å². The fourth-order valence-corrected chi connectivity index (χ4v) is 3.82. The van der Waals surface area contributed by atoms with Crippen LogP contribution in [0.4, 0.5) is 4.79 Å². The van der Waals surface area contributed by atoms with Gasteiger partial charge in [-0.2, -0.15) is 0 Å². The number of hydrogen-bond donors (Lipinski definition) is 1. The third-order valence-electron chi connectivity index (χ3n) is 4.89. The highest BCUT2D eigenvalue weighted by Gasteiger charge is 2.42. The summed E-state index contributed by atoms with van der Waals surface area (Å²) in [4.78, 5) is 14.0. The lowest BCUT2D eigenvalue weighted by Crippen LogP contribution is -2.57. The predicted molar refractivity (Wildman–Crippen MR) is 83.1 cm³/mol. The molecule has 0 aromatic carbocycles. The quantitative estimate of drug-likeness (QED) is 0.796. The number of nitrogens with zero attached hydrogens (tertiary/aromatic N) is 1. The third-order valence-corrected chi connectivity index (χ3v) is 4.89. The van der Waals surface area contributed by atoms with Crippen molar-refractivity contribution in [1.82, 2.24) is 10.2 Å². The van der Waals surface area contributed by atoms with E-state index in [1.165, 1.54) is 12.8 Å². The highest BCUT2D eigenvalue weighted by atomic mass is 16.6. The van der Waals surface area contributed by atoms with Crippen molar-refractivity contribution in [1.29, 1.82) is 0 Å². The van der Waals surface area contributed by atoms with Crippen LogP contribution in [0, 0.1) is 11.8 Å². The van der Waals surface area contributed by atoms with Crippen LogP contribution < -0.4 is 5.32 Å². The van der Waals surface area contributed by atoms with Gasteiger partial charge in [0.25, 0.3) is 0 Å². The van der Waals surface area contributed by atoms with Crippen molar-refractivity contribution in [2.45, 2.75) is 64.1 Å². The summed E-state index contributed by atoms with van der Waals surface area (Å²) in [5, 5.41) is 3.77. The Balaban J connectivity index is 1.49. The highest BCUT2D eigenvalue weighted by molar-refractivity contribution is 5.68. The molecular formula is C17H28N2O2. The van der Waals surface area contributed by atoms with Gasteiger partial charge in [-0.15, -0.1) is 0 Å². The van der Waals surface area contributed by atoms with Gasteiger partial charge < -0.3 is 15.0 Å². The Kier molecular flexibility index (Phi) is 4.00. The van der Waals surface area contributed by atoms with Gasteiger partial charge in [-0.25, -0.2) is 4.79 Å². The number of hydrogen-bond acceptors (Lipinski definition) is 3. The minimum absolute atomic E-state index is 0.166. The van der Waals surface area contributed by atoms with Gasteiger partial charge in [-0.05, 0) is 58.3 Å². The average Bonchev–Trinajstić information content (AvgIpc) is 2.76. The summed E-state index contributed by atoms with van der Waals surface area (Å²) in [7, 11) is 0. The van der Waals surface area contributed by atoms with Gasteiger partial charge in [0.15, 0.2) is 0 Å². The van der Waals surface area contributed by atoms with Crippen LogP contribution in [0.5, 0.6) is 0 Å². The van der Waals surface area contributed by atoms with Crippen LogP contribution in [-0.2, 0) is 4.74 Å². The lowest BCUT2D eigenvalue weighted by molar-refractivity contribution is 0.0165. The zero-order chi connectivity index (χ0) is 15.0. The van der Waals surface area contributed by atoms with Gasteiger partial charge in [-0.1, -0.05) is 12.2 Å². The van der Waals surface area contributed by atoms with E-state index in [9.17, 15) is 4.79 Å². The molecule has 0 spiro atoms. The molecule has 2 aliphatic carbocycles. The number of nitrogens with one attached hydrogen (secondary N) is 1.